The molecule has 0 saturated heterocycles. The Morgan fingerprint density at radius 3 is 2.57 bits per heavy atom. The van der Waals surface area contributed by atoms with Gasteiger partial charge < -0.3 is 19.5 Å². The summed E-state index contributed by atoms with van der Waals surface area (Å²) in [5.74, 6) is 0.0745. The summed E-state index contributed by atoms with van der Waals surface area (Å²) in [6, 6.07) is 8.54. The van der Waals surface area contributed by atoms with Gasteiger partial charge in [0.15, 0.2) is 5.76 Å². The molecule has 6 heteroatoms. The predicted molar refractivity (Wildman–Crippen MR) is 74.2 cm³/mol. The maximum Gasteiger partial charge on any atom is 0.308 e. The summed E-state index contributed by atoms with van der Waals surface area (Å²) in [4.78, 5) is 11.3. The highest BCUT2D eigenvalue weighted by molar-refractivity contribution is 5.70. The van der Waals surface area contributed by atoms with Crippen molar-refractivity contribution >= 4 is 5.97 Å². The van der Waals surface area contributed by atoms with E-state index in [9.17, 15) is 15.0 Å². The fourth-order valence-corrected chi connectivity index (χ4v) is 1.93. The molecule has 0 amide bonds. The number of carbonyl (C=O) groups excluding carboxylic acids is 1. The lowest BCUT2D eigenvalue weighted by atomic mass is 10.0. The van der Waals surface area contributed by atoms with Crippen molar-refractivity contribution in [3.63, 3.8) is 0 Å². The molecule has 0 fully saturated rings. The molecule has 6 nitrogen and oxygen atoms in total. The van der Waals surface area contributed by atoms with Crippen LogP contribution in [0.15, 0.2) is 41.1 Å². The summed E-state index contributed by atoms with van der Waals surface area (Å²) in [5.41, 5.74) is 1.32. The summed E-state index contributed by atoms with van der Waals surface area (Å²) in [6.07, 6.45) is -1.07. The summed E-state index contributed by atoms with van der Waals surface area (Å²) >= 11 is 0. The maximum absolute atomic E-state index is 11.3. The fraction of sp³-hybridized carbons (Fsp3) is 0.333. The van der Waals surface area contributed by atoms with E-state index in [-0.39, 0.29) is 13.0 Å². The topological polar surface area (TPSA) is 92.8 Å². The fourth-order valence-electron chi connectivity index (χ4n) is 1.93. The molecule has 0 aliphatic rings. The highest BCUT2D eigenvalue weighted by atomic mass is 16.5. The van der Waals surface area contributed by atoms with Crippen LogP contribution in [0, 0.1) is 0 Å². The third-order valence-corrected chi connectivity index (χ3v) is 3.02. The normalized spacial score (nSPS) is 13.7. The second-order valence-corrected chi connectivity index (χ2v) is 4.52. The third kappa shape index (κ3) is 3.90. The molecule has 2 aromatic rings. The number of ether oxygens (including phenoxy) is 1. The van der Waals surface area contributed by atoms with Crippen LogP contribution < -0.4 is 0 Å². The largest absolute Gasteiger partial charge is 0.466 e. The molecule has 2 unspecified atom stereocenters. The van der Waals surface area contributed by atoms with Crippen molar-refractivity contribution in [3.05, 3.63) is 42.1 Å². The standard InChI is InChI=1S/C15H17NO5/c1-2-20-14(18)9-12(17)15(19)11-5-3-10(4-6-11)13-7-8-16-21-13/h3-8,12,15,17,19H,2,9H2,1H3. The van der Waals surface area contributed by atoms with Gasteiger partial charge in [0.2, 0.25) is 0 Å². The van der Waals surface area contributed by atoms with Gasteiger partial charge in [0.05, 0.1) is 25.3 Å². The molecule has 0 saturated carbocycles. The number of hydrogen-bond acceptors (Lipinski definition) is 6. The van der Waals surface area contributed by atoms with Gasteiger partial charge in [-0.25, -0.2) is 0 Å². The molecule has 2 rings (SSSR count). The highest BCUT2D eigenvalue weighted by Gasteiger charge is 2.22. The van der Waals surface area contributed by atoms with E-state index in [4.69, 9.17) is 9.26 Å². The molecule has 0 radical (unpaired) electrons. The third-order valence-electron chi connectivity index (χ3n) is 3.02. The molecule has 0 spiro atoms. The van der Waals surface area contributed by atoms with E-state index in [0.717, 1.165) is 5.56 Å². The number of rotatable bonds is 6. The number of nitrogens with zero attached hydrogens (tertiary/aromatic N) is 1. The molecule has 1 heterocycles. The number of aromatic nitrogens is 1. The van der Waals surface area contributed by atoms with E-state index in [1.54, 1.807) is 43.5 Å². The van der Waals surface area contributed by atoms with Crippen molar-refractivity contribution in [1.29, 1.82) is 0 Å². The van der Waals surface area contributed by atoms with Crippen LogP contribution >= 0.6 is 0 Å². The summed E-state index contributed by atoms with van der Waals surface area (Å²) < 4.78 is 9.76. The van der Waals surface area contributed by atoms with Gasteiger partial charge in [0, 0.05) is 11.6 Å². The lowest BCUT2D eigenvalue weighted by Crippen LogP contribution is -2.23. The van der Waals surface area contributed by atoms with Gasteiger partial charge in [-0.2, -0.15) is 0 Å². The number of aliphatic hydroxyl groups excluding tert-OH is 2. The van der Waals surface area contributed by atoms with Crippen molar-refractivity contribution in [2.24, 2.45) is 0 Å². The Hall–Kier alpha value is -2.18. The number of esters is 1. The molecule has 1 aromatic heterocycles. The summed E-state index contributed by atoms with van der Waals surface area (Å²) in [5, 5.41) is 23.5. The molecule has 0 aliphatic carbocycles. The number of hydrogen-bond donors (Lipinski definition) is 2. The van der Waals surface area contributed by atoms with E-state index in [1.807, 2.05) is 0 Å². The summed E-state index contributed by atoms with van der Waals surface area (Å²) in [6.45, 7) is 1.93. The average molecular weight is 291 g/mol. The molecular weight excluding hydrogens is 274 g/mol. The minimum absolute atomic E-state index is 0.244. The molecule has 0 aliphatic heterocycles. The van der Waals surface area contributed by atoms with Gasteiger partial charge >= 0.3 is 5.97 Å². The van der Waals surface area contributed by atoms with Gasteiger partial charge in [-0.05, 0) is 12.5 Å². The van der Waals surface area contributed by atoms with Crippen LogP contribution in [-0.2, 0) is 9.53 Å². The molecule has 1 aromatic carbocycles. The maximum atomic E-state index is 11.3. The zero-order valence-electron chi connectivity index (χ0n) is 11.6. The Balaban J connectivity index is 2.02. The van der Waals surface area contributed by atoms with Crippen molar-refractivity contribution in [3.8, 4) is 11.3 Å². The summed E-state index contributed by atoms with van der Waals surface area (Å²) in [7, 11) is 0. The molecule has 2 N–H and O–H groups in total. The Bertz CT molecular complexity index is 564. The molecule has 21 heavy (non-hydrogen) atoms. The van der Waals surface area contributed by atoms with Crippen LogP contribution in [0.4, 0.5) is 0 Å². The minimum atomic E-state index is -1.21. The van der Waals surface area contributed by atoms with Gasteiger partial charge in [-0.1, -0.05) is 29.4 Å². The van der Waals surface area contributed by atoms with E-state index in [0.29, 0.717) is 11.3 Å². The predicted octanol–water partition coefficient (Wildman–Crippen LogP) is 1.69. The molecular formula is C15H17NO5. The molecule has 112 valence electrons. The van der Waals surface area contributed by atoms with Crippen molar-refractivity contribution in [2.75, 3.05) is 6.61 Å². The van der Waals surface area contributed by atoms with Crippen LogP contribution in [0.3, 0.4) is 0 Å². The van der Waals surface area contributed by atoms with Crippen LogP contribution in [0.25, 0.3) is 11.3 Å². The van der Waals surface area contributed by atoms with Crippen LogP contribution in [0.2, 0.25) is 0 Å². The van der Waals surface area contributed by atoms with Crippen LogP contribution in [0.5, 0.6) is 0 Å². The van der Waals surface area contributed by atoms with E-state index >= 15 is 0 Å². The molecule has 2 atom stereocenters. The SMILES string of the molecule is CCOC(=O)CC(O)C(O)c1ccc(-c2ccno2)cc1. The smallest absolute Gasteiger partial charge is 0.308 e. The van der Waals surface area contributed by atoms with E-state index in [2.05, 4.69) is 5.16 Å². The zero-order chi connectivity index (χ0) is 15.2. The first kappa shape index (κ1) is 15.2. The van der Waals surface area contributed by atoms with Crippen LogP contribution in [0.1, 0.15) is 25.0 Å². The van der Waals surface area contributed by atoms with Gasteiger partial charge in [0.25, 0.3) is 0 Å². The first-order valence-corrected chi connectivity index (χ1v) is 6.64. The number of carbonyl (C=O) groups is 1. The second-order valence-electron chi connectivity index (χ2n) is 4.52. The zero-order valence-corrected chi connectivity index (χ0v) is 11.6. The first-order chi connectivity index (χ1) is 10.1. The highest BCUT2D eigenvalue weighted by Crippen LogP contribution is 2.24. The molecule has 0 bridgehead atoms. The van der Waals surface area contributed by atoms with Gasteiger partial charge in [-0.3, -0.25) is 4.79 Å². The van der Waals surface area contributed by atoms with Crippen molar-refractivity contribution in [2.45, 2.75) is 25.6 Å². The quantitative estimate of drug-likeness (QED) is 0.787. The van der Waals surface area contributed by atoms with Crippen molar-refractivity contribution < 1.29 is 24.3 Å². The van der Waals surface area contributed by atoms with Crippen molar-refractivity contribution in [1.82, 2.24) is 5.16 Å². The Kier molecular flexibility index (Phi) is 5.08. The minimum Gasteiger partial charge on any atom is -0.466 e. The average Bonchev–Trinajstić information content (AvgIpc) is 3.01. The van der Waals surface area contributed by atoms with E-state index in [1.165, 1.54) is 0 Å². The first-order valence-electron chi connectivity index (χ1n) is 6.64. The van der Waals surface area contributed by atoms with Gasteiger partial charge in [-0.15, -0.1) is 0 Å². The Morgan fingerprint density at radius 2 is 2.00 bits per heavy atom. The Morgan fingerprint density at radius 1 is 1.29 bits per heavy atom. The van der Waals surface area contributed by atoms with E-state index < -0.39 is 18.2 Å². The lowest BCUT2D eigenvalue weighted by Gasteiger charge is -2.17. The van der Waals surface area contributed by atoms with Crippen LogP contribution in [-0.4, -0.2) is 34.0 Å². The Labute approximate surface area is 122 Å². The number of aliphatic hydroxyl groups is 2. The monoisotopic (exact) mass is 291 g/mol. The lowest BCUT2D eigenvalue weighted by molar-refractivity contribution is -0.147. The number of benzene rings is 1. The second kappa shape index (κ2) is 7.01. The van der Waals surface area contributed by atoms with Gasteiger partial charge in [0.1, 0.15) is 6.10 Å².